The number of nitrogens with zero attached hydrogens (tertiary/aromatic N) is 1. The summed E-state index contributed by atoms with van der Waals surface area (Å²) >= 11 is 6.36. The fourth-order valence-electron chi connectivity index (χ4n) is 2.98. The third-order valence-electron chi connectivity index (χ3n) is 4.48. The molecule has 29 heavy (non-hydrogen) atoms. The van der Waals surface area contributed by atoms with E-state index in [9.17, 15) is 9.59 Å². The van der Waals surface area contributed by atoms with Crippen molar-refractivity contribution in [1.29, 1.82) is 0 Å². The molecule has 150 valence electrons. The highest BCUT2D eigenvalue weighted by Gasteiger charge is 2.17. The lowest BCUT2D eigenvalue weighted by Gasteiger charge is -2.14. The number of carbonyl (C=O) groups excluding carboxylic acids is 2. The molecule has 0 unspecified atom stereocenters. The Morgan fingerprint density at radius 2 is 1.83 bits per heavy atom. The van der Waals surface area contributed by atoms with E-state index in [0.717, 1.165) is 17.7 Å². The summed E-state index contributed by atoms with van der Waals surface area (Å²) in [6, 6.07) is 14.5. The van der Waals surface area contributed by atoms with Crippen LogP contribution in [0, 0.1) is 0 Å². The van der Waals surface area contributed by atoms with E-state index in [-0.39, 0.29) is 18.0 Å². The Morgan fingerprint density at radius 3 is 2.52 bits per heavy atom. The first-order valence-corrected chi connectivity index (χ1v) is 9.58. The minimum Gasteiger partial charge on any atom is -0.496 e. The number of ether oxygens (including phenoxy) is 1. The summed E-state index contributed by atoms with van der Waals surface area (Å²) in [5.74, 6) is -0.387. The van der Waals surface area contributed by atoms with Gasteiger partial charge in [-0.25, -0.2) is 0 Å². The molecule has 0 spiro atoms. The average molecular weight is 412 g/mol. The van der Waals surface area contributed by atoms with Crippen LogP contribution in [-0.2, 0) is 11.2 Å². The van der Waals surface area contributed by atoms with E-state index < -0.39 is 5.91 Å². The molecule has 0 saturated carbocycles. The van der Waals surface area contributed by atoms with E-state index in [2.05, 4.69) is 10.6 Å². The van der Waals surface area contributed by atoms with Crippen LogP contribution in [0.25, 0.3) is 5.69 Å². The zero-order valence-electron chi connectivity index (χ0n) is 16.2. The molecule has 6 nitrogen and oxygen atoms in total. The van der Waals surface area contributed by atoms with Gasteiger partial charge in [0.15, 0.2) is 0 Å². The van der Waals surface area contributed by atoms with Crippen LogP contribution in [0.15, 0.2) is 60.9 Å². The van der Waals surface area contributed by atoms with E-state index in [1.807, 2.05) is 60.3 Å². The molecule has 0 atom stereocenters. The Bertz CT molecular complexity index is 1020. The minimum absolute atomic E-state index is 0.170. The molecule has 0 radical (unpaired) electrons. The first kappa shape index (κ1) is 20.5. The molecule has 2 N–H and O–H groups in total. The Labute approximate surface area is 174 Å². The van der Waals surface area contributed by atoms with Crippen LogP contribution in [0.1, 0.15) is 22.8 Å². The van der Waals surface area contributed by atoms with Gasteiger partial charge < -0.3 is 19.9 Å². The minimum atomic E-state index is -0.443. The van der Waals surface area contributed by atoms with Gasteiger partial charge in [-0.05, 0) is 36.2 Å². The second-order valence-corrected chi connectivity index (χ2v) is 6.74. The van der Waals surface area contributed by atoms with E-state index >= 15 is 0 Å². The van der Waals surface area contributed by atoms with Gasteiger partial charge in [0.25, 0.3) is 5.91 Å². The van der Waals surface area contributed by atoms with Crippen molar-refractivity contribution >= 4 is 29.1 Å². The van der Waals surface area contributed by atoms with Gasteiger partial charge >= 0.3 is 0 Å². The molecule has 0 fully saturated rings. The fourth-order valence-corrected chi connectivity index (χ4v) is 3.24. The highest BCUT2D eigenvalue weighted by Crippen LogP contribution is 2.30. The van der Waals surface area contributed by atoms with E-state index in [0.29, 0.717) is 16.5 Å². The fraction of sp³-hybridized carbons (Fsp3) is 0.182. The van der Waals surface area contributed by atoms with Crippen molar-refractivity contribution in [3.63, 3.8) is 0 Å². The molecule has 3 aromatic rings. The highest BCUT2D eigenvalue weighted by molar-refractivity contribution is 6.33. The average Bonchev–Trinajstić information content (AvgIpc) is 3.26. The van der Waals surface area contributed by atoms with Gasteiger partial charge in [-0.3, -0.25) is 9.59 Å². The van der Waals surface area contributed by atoms with Crippen LogP contribution >= 0.6 is 11.6 Å². The van der Waals surface area contributed by atoms with Gasteiger partial charge in [0.05, 0.1) is 29.9 Å². The Morgan fingerprint density at radius 1 is 1.10 bits per heavy atom. The first-order chi connectivity index (χ1) is 14.0. The number of hydrogen-bond acceptors (Lipinski definition) is 3. The second-order valence-electron chi connectivity index (χ2n) is 6.34. The summed E-state index contributed by atoms with van der Waals surface area (Å²) in [6.45, 7) is 1.84. The summed E-state index contributed by atoms with van der Waals surface area (Å²) in [5, 5.41) is 5.83. The molecular weight excluding hydrogens is 390 g/mol. The van der Waals surface area contributed by atoms with Crippen molar-refractivity contribution in [1.82, 2.24) is 9.88 Å². The molecular formula is C22H22ClN3O3. The van der Waals surface area contributed by atoms with Gasteiger partial charge in [0, 0.05) is 24.1 Å². The van der Waals surface area contributed by atoms with Crippen molar-refractivity contribution in [2.45, 2.75) is 13.3 Å². The largest absolute Gasteiger partial charge is 0.496 e. The Balaban J connectivity index is 1.70. The maximum Gasteiger partial charge on any atom is 0.255 e. The molecule has 2 aromatic carbocycles. The van der Waals surface area contributed by atoms with Crippen LogP contribution in [0.5, 0.6) is 5.75 Å². The number of methoxy groups -OCH3 is 1. The van der Waals surface area contributed by atoms with Crippen molar-refractivity contribution in [2.24, 2.45) is 0 Å². The zero-order valence-corrected chi connectivity index (χ0v) is 17.0. The number of carbonyl (C=O) groups is 2. The summed E-state index contributed by atoms with van der Waals surface area (Å²) in [4.78, 5) is 24.9. The normalized spacial score (nSPS) is 10.4. The molecule has 2 amide bonds. The molecule has 3 rings (SSSR count). The van der Waals surface area contributed by atoms with Crippen LogP contribution in [0.2, 0.25) is 5.02 Å². The maximum atomic E-state index is 12.6. The number of aromatic nitrogens is 1. The summed E-state index contributed by atoms with van der Waals surface area (Å²) in [7, 11) is 1.48. The summed E-state index contributed by atoms with van der Waals surface area (Å²) in [5.41, 5.74) is 2.72. The monoisotopic (exact) mass is 411 g/mol. The zero-order chi connectivity index (χ0) is 20.8. The molecule has 0 aliphatic carbocycles. The molecule has 0 aliphatic rings. The maximum absolute atomic E-state index is 12.6. The van der Waals surface area contributed by atoms with Gasteiger partial charge in [-0.2, -0.15) is 0 Å². The third kappa shape index (κ3) is 4.78. The molecule has 0 aliphatic heterocycles. The summed E-state index contributed by atoms with van der Waals surface area (Å²) < 4.78 is 7.18. The van der Waals surface area contributed by atoms with Crippen molar-refractivity contribution in [2.75, 3.05) is 19.0 Å². The first-order valence-electron chi connectivity index (χ1n) is 9.20. The van der Waals surface area contributed by atoms with E-state index in [4.69, 9.17) is 16.3 Å². The molecule has 1 aromatic heterocycles. The number of amides is 2. The topological polar surface area (TPSA) is 72.4 Å². The number of aryl methyl sites for hydroxylation is 1. The van der Waals surface area contributed by atoms with Crippen LogP contribution in [0.3, 0.4) is 0 Å². The van der Waals surface area contributed by atoms with Crippen LogP contribution in [-0.4, -0.2) is 30.0 Å². The Kier molecular flexibility index (Phi) is 6.57. The molecule has 1 heterocycles. The van der Waals surface area contributed by atoms with E-state index in [1.165, 1.54) is 13.2 Å². The van der Waals surface area contributed by atoms with Gasteiger partial charge in [0.2, 0.25) is 5.91 Å². The van der Waals surface area contributed by atoms with Gasteiger partial charge in [0.1, 0.15) is 5.75 Å². The number of anilines is 1. The Hall–Kier alpha value is -3.25. The molecule has 0 saturated heterocycles. The number of nitrogens with one attached hydrogen (secondary N) is 2. The second kappa shape index (κ2) is 9.30. The van der Waals surface area contributed by atoms with Crippen LogP contribution in [0.4, 0.5) is 5.69 Å². The number of rotatable bonds is 7. The highest BCUT2D eigenvalue weighted by atomic mass is 35.5. The smallest absolute Gasteiger partial charge is 0.255 e. The van der Waals surface area contributed by atoms with Crippen LogP contribution < -0.4 is 15.4 Å². The lowest BCUT2D eigenvalue weighted by Crippen LogP contribution is -2.33. The molecule has 7 heteroatoms. The van der Waals surface area contributed by atoms with Gasteiger partial charge in [-0.1, -0.05) is 36.7 Å². The predicted octanol–water partition coefficient (Wildman–Crippen LogP) is 4.07. The predicted molar refractivity (Wildman–Crippen MR) is 114 cm³/mol. The van der Waals surface area contributed by atoms with Crippen molar-refractivity contribution in [3.8, 4) is 11.4 Å². The lowest BCUT2D eigenvalue weighted by atomic mass is 10.1. The van der Waals surface area contributed by atoms with Gasteiger partial charge in [-0.15, -0.1) is 0 Å². The van der Waals surface area contributed by atoms with Crippen molar-refractivity contribution in [3.05, 3.63) is 77.1 Å². The number of hydrogen-bond donors (Lipinski definition) is 2. The SMILES string of the molecule is CCc1ccccc1NC(=O)CNC(=O)c1cc(Cl)c(-n2cccc2)cc1OC. The van der Waals surface area contributed by atoms with E-state index in [1.54, 1.807) is 6.07 Å². The van der Waals surface area contributed by atoms with Crippen molar-refractivity contribution < 1.29 is 14.3 Å². The molecule has 0 bridgehead atoms. The lowest BCUT2D eigenvalue weighted by molar-refractivity contribution is -0.115. The number of benzene rings is 2. The standard InChI is InChI=1S/C22H22ClN3O3/c1-3-15-8-4-5-9-18(15)25-21(27)14-24-22(28)16-12-17(23)19(13-20(16)29-2)26-10-6-7-11-26/h4-13H,3,14H2,1-2H3,(H,24,28)(H,25,27). The third-order valence-corrected chi connectivity index (χ3v) is 4.78. The quantitative estimate of drug-likeness (QED) is 0.615. The summed E-state index contributed by atoms with van der Waals surface area (Å²) in [6.07, 6.45) is 4.49. The number of halogens is 1. The number of para-hydroxylation sites is 1.